The Hall–Kier alpha value is -0.850. The van der Waals surface area contributed by atoms with E-state index >= 15 is 0 Å². The van der Waals surface area contributed by atoms with Crippen molar-refractivity contribution >= 4 is 38.9 Å². The Morgan fingerprint density at radius 3 is 2.44 bits per heavy atom. The Labute approximate surface area is 115 Å². The van der Waals surface area contributed by atoms with E-state index in [2.05, 4.69) is 4.98 Å². The normalized spacial score (nSPS) is 18.7. The van der Waals surface area contributed by atoms with Gasteiger partial charge in [-0.1, -0.05) is 23.2 Å². The quantitative estimate of drug-likeness (QED) is 0.733. The van der Waals surface area contributed by atoms with E-state index in [4.69, 9.17) is 23.2 Å². The van der Waals surface area contributed by atoms with Crippen molar-refractivity contribution in [3.05, 3.63) is 28.0 Å². The molecule has 2 rings (SSSR count). The first-order valence-corrected chi connectivity index (χ1v) is 7.77. The van der Waals surface area contributed by atoms with E-state index in [1.165, 1.54) is 17.2 Å². The van der Waals surface area contributed by atoms with Crippen LogP contribution >= 0.6 is 23.2 Å². The van der Waals surface area contributed by atoms with E-state index in [-0.39, 0.29) is 40.7 Å². The molecular weight excluding hydrogens is 299 g/mol. The maximum atomic E-state index is 12.1. The van der Waals surface area contributed by atoms with Crippen LogP contribution in [-0.2, 0) is 9.84 Å². The summed E-state index contributed by atoms with van der Waals surface area (Å²) in [6.07, 6.45) is 1.33. The van der Waals surface area contributed by atoms with Crippen LogP contribution in [0.3, 0.4) is 0 Å². The van der Waals surface area contributed by atoms with Crippen molar-refractivity contribution in [3.63, 3.8) is 0 Å². The third-order valence-electron chi connectivity index (χ3n) is 2.67. The third-order valence-corrected chi connectivity index (χ3v) is 4.97. The molecule has 1 aliphatic rings. The Kier molecular flexibility index (Phi) is 3.79. The first-order valence-electron chi connectivity index (χ1n) is 5.20. The standard InChI is InChI=1S/C10H10Cl2N2O3S/c11-8-5-7(6-13-9(8)12)10(15)14-1-3-18(16,17)4-2-14/h5-6H,1-4H2. The van der Waals surface area contributed by atoms with Gasteiger partial charge in [-0.05, 0) is 6.07 Å². The minimum atomic E-state index is -3.00. The molecule has 0 atom stereocenters. The fourth-order valence-electron chi connectivity index (χ4n) is 1.64. The Morgan fingerprint density at radius 1 is 1.28 bits per heavy atom. The molecule has 1 amide bonds. The van der Waals surface area contributed by atoms with E-state index in [9.17, 15) is 13.2 Å². The second-order valence-electron chi connectivity index (χ2n) is 3.94. The number of rotatable bonds is 1. The predicted molar refractivity (Wildman–Crippen MR) is 68.8 cm³/mol. The summed E-state index contributed by atoms with van der Waals surface area (Å²) < 4.78 is 22.5. The monoisotopic (exact) mass is 308 g/mol. The summed E-state index contributed by atoms with van der Waals surface area (Å²) in [6.45, 7) is 0.392. The summed E-state index contributed by atoms with van der Waals surface area (Å²) >= 11 is 11.4. The molecule has 0 unspecified atom stereocenters. The van der Waals surface area contributed by atoms with Crippen molar-refractivity contribution in [2.75, 3.05) is 24.6 Å². The number of nitrogens with zero attached hydrogens (tertiary/aromatic N) is 2. The fourth-order valence-corrected chi connectivity index (χ4v) is 3.11. The zero-order chi connectivity index (χ0) is 13.3. The average Bonchev–Trinajstić information content (AvgIpc) is 2.32. The molecule has 1 aromatic heterocycles. The fraction of sp³-hybridized carbons (Fsp3) is 0.400. The predicted octanol–water partition coefficient (Wildman–Crippen LogP) is 1.26. The number of aromatic nitrogens is 1. The van der Waals surface area contributed by atoms with E-state index in [1.54, 1.807) is 0 Å². The minimum Gasteiger partial charge on any atom is -0.337 e. The zero-order valence-corrected chi connectivity index (χ0v) is 11.6. The van der Waals surface area contributed by atoms with Gasteiger partial charge in [-0.3, -0.25) is 4.79 Å². The molecule has 1 saturated heterocycles. The number of carbonyl (C=O) groups is 1. The van der Waals surface area contributed by atoms with Gasteiger partial charge in [0.1, 0.15) is 5.15 Å². The van der Waals surface area contributed by atoms with Gasteiger partial charge in [0, 0.05) is 19.3 Å². The molecule has 0 spiro atoms. The first-order chi connectivity index (χ1) is 8.39. The lowest BCUT2D eigenvalue weighted by Gasteiger charge is -2.26. The average molecular weight is 309 g/mol. The Morgan fingerprint density at radius 2 is 1.89 bits per heavy atom. The number of halogens is 2. The largest absolute Gasteiger partial charge is 0.337 e. The highest BCUT2D eigenvalue weighted by atomic mass is 35.5. The molecule has 1 aliphatic heterocycles. The number of hydrogen-bond donors (Lipinski definition) is 0. The summed E-state index contributed by atoms with van der Waals surface area (Å²) in [5.41, 5.74) is 0.309. The lowest BCUT2D eigenvalue weighted by Crippen LogP contribution is -2.43. The Bertz CT molecular complexity index is 575. The van der Waals surface area contributed by atoms with Crippen LogP contribution in [0.2, 0.25) is 10.2 Å². The van der Waals surface area contributed by atoms with E-state index in [0.29, 0.717) is 5.56 Å². The van der Waals surface area contributed by atoms with Crippen molar-refractivity contribution in [2.24, 2.45) is 0 Å². The van der Waals surface area contributed by atoms with Crippen LogP contribution in [0.15, 0.2) is 12.3 Å². The summed E-state index contributed by atoms with van der Waals surface area (Å²) in [5.74, 6) is -0.294. The number of carbonyl (C=O) groups excluding carboxylic acids is 1. The summed E-state index contributed by atoms with van der Waals surface area (Å²) in [7, 11) is -3.00. The molecule has 2 heterocycles. The second-order valence-corrected chi connectivity index (χ2v) is 7.01. The van der Waals surface area contributed by atoms with Gasteiger partial charge in [0.15, 0.2) is 9.84 Å². The van der Waals surface area contributed by atoms with Crippen molar-refractivity contribution < 1.29 is 13.2 Å². The van der Waals surface area contributed by atoms with Gasteiger partial charge in [0.2, 0.25) is 0 Å². The lowest BCUT2D eigenvalue weighted by molar-refractivity contribution is 0.0770. The molecule has 98 valence electrons. The molecule has 0 bridgehead atoms. The molecule has 5 nitrogen and oxygen atoms in total. The van der Waals surface area contributed by atoms with E-state index in [1.807, 2.05) is 0 Å². The van der Waals surface area contributed by atoms with Crippen LogP contribution in [0, 0.1) is 0 Å². The van der Waals surface area contributed by atoms with Gasteiger partial charge in [-0.2, -0.15) is 0 Å². The third kappa shape index (κ3) is 2.93. The van der Waals surface area contributed by atoms with E-state index in [0.717, 1.165) is 0 Å². The zero-order valence-electron chi connectivity index (χ0n) is 9.27. The lowest BCUT2D eigenvalue weighted by atomic mass is 10.2. The first kappa shape index (κ1) is 13.6. The van der Waals surface area contributed by atoms with Crippen LogP contribution in [0.25, 0.3) is 0 Å². The van der Waals surface area contributed by atoms with Crippen molar-refractivity contribution in [1.82, 2.24) is 9.88 Å². The molecule has 0 N–H and O–H groups in total. The molecule has 18 heavy (non-hydrogen) atoms. The number of pyridine rings is 1. The van der Waals surface area contributed by atoms with Crippen LogP contribution in [0.4, 0.5) is 0 Å². The SMILES string of the molecule is O=C(c1cnc(Cl)c(Cl)c1)N1CCS(=O)(=O)CC1. The molecular formula is C10H10Cl2N2O3S. The van der Waals surface area contributed by atoms with Gasteiger partial charge in [-0.15, -0.1) is 0 Å². The molecule has 0 saturated carbocycles. The maximum absolute atomic E-state index is 12.1. The highest BCUT2D eigenvalue weighted by Gasteiger charge is 2.26. The van der Waals surface area contributed by atoms with E-state index < -0.39 is 9.84 Å². The summed E-state index contributed by atoms with van der Waals surface area (Å²) in [5, 5.41) is 0.335. The topological polar surface area (TPSA) is 67.3 Å². The van der Waals surface area contributed by atoms with Crippen LogP contribution in [0.5, 0.6) is 0 Å². The molecule has 1 fully saturated rings. The molecule has 0 aromatic carbocycles. The number of hydrogen-bond acceptors (Lipinski definition) is 4. The second kappa shape index (κ2) is 5.03. The summed E-state index contributed by atoms with van der Waals surface area (Å²) in [6, 6.07) is 1.43. The molecule has 8 heteroatoms. The van der Waals surface area contributed by atoms with Gasteiger partial charge in [-0.25, -0.2) is 13.4 Å². The van der Waals surface area contributed by atoms with Crippen molar-refractivity contribution in [3.8, 4) is 0 Å². The van der Waals surface area contributed by atoms with Crippen LogP contribution in [-0.4, -0.2) is 48.8 Å². The highest BCUT2D eigenvalue weighted by Crippen LogP contribution is 2.20. The van der Waals surface area contributed by atoms with Gasteiger partial charge in [0.05, 0.1) is 22.1 Å². The van der Waals surface area contributed by atoms with Gasteiger partial charge < -0.3 is 4.90 Å². The van der Waals surface area contributed by atoms with Crippen molar-refractivity contribution in [1.29, 1.82) is 0 Å². The van der Waals surface area contributed by atoms with Crippen LogP contribution < -0.4 is 0 Å². The molecule has 0 aliphatic carbocycles. The summed E-state index contributed by atoms with van der Waals surface area (Å²) in [4.78, 5) is 17.3. The highest BCUT2D eigenvalue weighted by molar-refractivity contribution is 7.91. The Balaban J connectivity index is 2.15. The van der Waals surface area contributed by atoms with Crippen LogP contribution in [0.1, 0.15) is 10.4 Å². The van der Waals surface area contributed by atoms with Crippen molar-refractivity contribution in [2.45, 2.75) is 0 Å². The molecule has 0 radical (unpaired) electrons. The minimum absolute atomic E-state index is 0.00646. The number of sulfone groups is 1. The smallest absolute Gasteiger partial charge is 0.255 e. The maximum Gasteiger partial charge on any atom is 0.255 e. The number of amides is 1. The van der Waals surface area contributed by atoms with Gasteiger partial charge in [0.25, 0.3) is 5.91 Å². The van der Waals surface area contributed by atoms with Gasteiger partial charge >= 0.3 is 0 Å². The molecule has 1 aromatic rings.